The monoisotopic (exact) mass is 261 g/mol. The number of imide groups is 1. The van der Waals surface area contributed by atoms with Crippen molar-refractivity contribution >= 4 is 17.6 Å². The van der Waals surface area contributed by atoms with E-state index in [1.807, 2.05) is 24.3 Å². The Morgan fingerprint density at radius 3 is 2.63 bits per heavy atom. The van der Waals surface area contributed by atoms with Gasteiger partial charge in [0.1, 0.15) is 6.04 Å². The Kier molecular flexibility index (Phi) is 4.04. The van der Waals surface area contributed by atoms with Crippen LogP contribution in [0.3, 0.4) is 0 Å². The molecule has 0 spiro atoms. The molecule has 1 aliphatic rings. The maximum atomic E-state index is 12.1. The predicted molar refractivity (Wildman–Crippen MR) is 74.0 cm³/mol. The van der Waals surface area contributed by atoms with Gasteiger partial charge in [-0.2, -0.15) is 0 Å². The summed E-state index contributed by atoms with van der Waals surface area (Å²) < 4.78 is 0. The molecule has 1 saturated heterocycles. The molecular formula is C14H19N3O2. The second-order valence-corrected chi connectivity index (χ2v) is 4.64. The van der Waals surface area contributed by atoms with Gasteiger partial charge >= 0.3 is 6.03 Å². The minimum absolute atomic E-state index is 0.199. The highest BCUT2D eigenvalue weighted by atomic mass is 16.2. The number of carbonyl (C=O) groups excluding carboxylic acids is 2. The topological polar surface area (TPSA) is 61.4 Å². The predicted octanol–water partition coefficient (Wildman–Crippen LogP) is 1.60. The van der Waals surface area contributed by atoms with E-state index < -0.39 is 6.04 Å². The summed E-state index contributed by atoms with van der Waals surface area (Å²) in [6.45, 7) is 4.84. The third kappa shape index (κ3) is 3.05. The normalized spacial score (nSPS) is 16.1. The Labute approximate surface area is 113 Å². The standard InChI is InChI=1S/C14H19N3O2/c1-3-11-4-6-12(7-5-11)16-10(2)13(18)17-9-8-15-14(17)19/h4-7,10,16H,3,8-9H2,1-2H3,(H,15,19)/t10-/m1/s1. The van der Waals surface area contributed by atoms with Crippen LogP contribution in [0.5, 0.6) is 0 Å². The summed E-state index contributed by atoms with van der Waals surface area (Å²) in [6.07, 6.45) is 0.989. The van der Waals surface area contributed by atoms with E-state index in [0.717, 1.165) is 12.1 Å². The lowest BCUT2D eigenvalue weighted by atomic mass is 10.1. The number of amides is 3. The van der Waals surface area contributed by atoms with Crippen LogP contribution in [0.2, 0.25) is 0 Å². The van der Waals surface area contributed by atoms with Crippen molar-refractivity contribution in [3.05, 3.63) is 29.8 Å². The van der Waals surface area contributed by atoms with Crippen LogP contribution in [0, 0.1) is 0 Å². The SMILES string of the molecule is CCc1ccc(N[C@H](C)C(=O)N2CCNC2=O)cc1. The second kappa shape index (κ2) is 5.73. The Morgan fingerprint density at radius 2 is 2.11 bits per heavy atom. The first-order valence-corrected chi connectivity index (χ1v) is 6.56. The van der Waals surface area contributed by atoms with Crippen LogP contribution in [-0.4, -0.2) is 36.0 Å². The van der Waals surface area contributed by atoms with Crippen LogP contribution in [0.4, 0.5) is 10.5 Å². The molecule has 5 nitrogen and oxygen atoms in total. The molecule has 1 aromatic rings. The molecule has 1 atom stereocenters. The van der Waals surface area contributed by atoms with Crippen LogP contribution in [0.1, 0.15) is 19.4 Å². The maximum absolute atomic E-state index is 12.1. The highest BCUT2D eigenvalue weighted by Gasteiger charge is 2.29. The maximum Gasteiger partial charge on any atom is 0.324 e. The lowest BCUT2D eigenvalue weighted by Crippen LogP contribution is -2.43. The zero-order valence-electron chi connectivity index (χ0n) is 11.3. The minimum atomic E-state index is -0.420. The van der Waals surface area contributed by atoms with Gasteiger partial charge in [0.2, 0.25) is 0 Å². The average Bonchev–Trinajstić information content (AvgIpc) is 2.85. The van der Waals surface area contributed by atoms with Crippen molar-refractivity contribution in [2.75, 3.05) is 18.4 Å². The molecular weight excluding hydrogens is 242 g/mol. The molecule has 0 aromatic heterocycles. The highest BCUT2D eigenvalue weighted by Crippen LogP contribution is 2.12. The Balaban J connectivity index is 1.97. The van der Waals surface area contributed by atoms with Crippen molar-refractivity contribution in [3.63, 3.8) is 0 Å². The fraction of sp³-hybridized carbons (Fsp3) is 0.429. The van der Waals surface area contributed by atoms with Gasteiger partial charge in [-0.3, -0.25) is 9.69 Å². The summed E-state index contributed by atoms with van der Waals surface area (Å²) in [5.74, 6) is -0.199. The van der Waals surface area contributed by atoms with Gasteiger partial charge in [0.25, 0.3) is 5.91 Å². The molecule has 2 rings (SSSR count). The Bertz CT molecular complexity index is 470. The van der Waals surface area contributed by atoms with Gasteiger partial charge in [-0.1, -0.05) is 19.1 Å². The molecule has 2 N–H and O–H groups in total. The van der Waals surface area contributed by atoms with Crippen molar-refractivity contribution in [2.45, 2.75) is 26.3 Å². The number of carbonyl (C=O) groups is 2. The minimum Gasteiger partial charge on any atom is -0.374 e. The van der Waals surface area contributed by atoms with Crippen LogP contribution in [0.15, 0.2) is 24.3 Å². The molecule has 0 radical (unpaired) electrons. The number of rotatable bonds is 4. The van der Waals surface area contributed by atoms with Crippen LogP contribution in [-0.2, 0) is 11.2 Å². The molecule has 0 bridgehead atoms. The number of aryl methyl sites for hydroxylation is 1. The largest absolute Gasteiger partial charge is 0.374 e. The zero-order chi connectivity index (χ0) is 13.8. The van der Waals surface area contributed by atoms with Gasteiger partial charge in [-0.15, -0.1) is 0 Å². The number of benzene rings is 1. The number of urea groups is 1. The van der Waals surface area contributed by atoms with E-state index in [0.29, 0.717) is 13.1 Å². The number of anilines is 1. The first kappa shape index (κ1) is 13.4. The zero-order valence-corrected chi connectivity index (χ0v) is 11.3. The summed E-state index contributed by atoms with van der Waals surface area (Å²) >= 11 is 0. The lowest BCUT2D eigenvalue weighted by molar-refractivity contribution is -0.128. The van der Waals surface area contributed by atoms with E-state index in [1.165, 1.54) is 10.5 Å². The lowest BCUT2D eigenvalue weighted by Gasteiger charge is -2.19. The van der Waals surface area contributed by atoms with E-state index >= 15 is 0 Å². The van der Waals surface area contributed by atoms with E-state index in [9.17, 15) is 9.59 Å². The van der Waals surface area contributed by atoms with Gasteiger partial charge in [-0.25, -0.2) is 4.79 Å². The van der Waals surface area contributed by atoms with Crippen LogP contribution >= 0.6 is 0 Å². The van der Waals surface area contributed by atoms with E-state index in [-0.39, 0.29) is 11.9 Å². The molecule has 0 aliphatic carbocycles. The van der Waals surface area contributed by atoms with Gasteiger partial charge in [-0.05, 0) is 31.0 Å². The average molecular weight is 261 g/mol. The number of hydrogen-bond acceptors (Lipinski definition) is 3. The quantitative estimate of drug-likeness (QED) is 0.865. The third-order valence-corrected chi connectivity index (χ3v) is 3.24. The fourth-order valence-corrected chi connectivity index (χ4v) is 2.06. The Hall–Kier alpha value is -2.04. The van der Waals surface area contributed by atoms with Crippen molar-refractivity contribution in [1.82, 2.24) is 10.2 Å². The molecule has 1 heterocycles. The van der Waals surface area contributed by atoms with Gasteiger partial charge in [0.05, 0.1) is 0 Å². The van der Waals surface area contributed by atoms with Gasteiger partial charge < -0.3 is 10.6 Å². The van der Waals surface area contributed by atoms with Crippen molar-refractivity contribution in [3.8, 4) is 0 Å². The molecule has 0 saturated carbocycles. The molecule has 0 unspecified atom stereocenters. The van der Waals surface area contributed by atoms with E-state index in [2.05, 4.69) is 17.6 Å². The van der Waals surface area contributed by atoms with E-state index in [1.54, 1.807) is 6.92 Å². The molecule has 19 heavy (non-hydrogen) atoms. The summed E-state index contributed by atoms with van der Waals surface area (Å²) in [5.41, 5.74) is 2.14. The van der Waals surface area contributed by atoms with Crippen LogP contribution in [0.25, 0.3) is 0 Å². The van der Waals surface area contributed by atoms with Crippen molar-refractivity contribution in [1.29, 1.82) is 0 Å². The van der Waals surface area contributed by atoms with Crippen molar-refractivity contribution < 1.29 is 9.59 Å². The Morgan fingerprint density at radius 1 is 1.42 bits per heavy atom. The van der Waals surface area contributed by atoms with E-state index in [4.69, 9.17) is 0 Å². The smallest absolute Gasteiger partial charge is 0.324 e. The molecule has 5 heteroatoms. The highest BCUT2D eigenvalue weighted by molar-refractivity contribution is 5.99. The summed E-state index contributed by atoms with van der Waals surface area (Å²) in [5, 5.41) is 5.74. The number of hydrogen-bond donors (Lipinski definition) is 2. The number of nitrogens with zero attached hydrogens (tertiary/aromatic N) is 1. The molecule has 1 fully saturated rings. The summed E-state index contributed by atoms with van der Waals surface area (Å²) in [7, 11) is 0. The molecule has 102 valence electrons. The van der Waals surface area contributed by atoms with Crippen LogP contribution < -0.4 is 10.6 Å². The first-order valence-electron chi connectivity index (χ1n) is 6.56. The molecule has 3 amide bonds. The molecule has 1 aromatic carbocycles. The third-order valence-electron chi connectivity index (χ3n) is 3.24. The van der Waals surface area contributed by atoms with Crippen molar-refractivity contribution in [2.24, 2.45) is 0 Å². The number of nitrogens with one attached hydrogen (secondary N) is 2. The van der Waals surface area contributed by atoms with Gasteiger partial charge in [0, 0.05) is 18.8 Å². The second-order valence-electron chi connectivity index (χ2n) is 4.64. The molecule has 1 aliphatic heterocycles. The first-order chi connectivity index (χ1) is 9.11. The van der Waals surface area contributed by atoms with Gasteiger partial charge in [0.15, 0.2) is 0 Å². The summed E-state index contributed by atoms with van der Waals surface area (Å²) in [6, 6.07) is 7.24. The summed E-state index contributed by atoms with van der Waals surface area (Å²) in [4.78, 5) is 24.8. The fourth-order valence-electron chi connectivity index (χ4n) is 2.06.